The summed E-state index contributed by atoms with van der Waals surface area (Å²) in [5.74, 6) is 0.908. The Morgan fingerprint density at radius 3 is 2.78 bits per heavy atom. The number of rotatable bonds is 6. The summed E-state index contributed by atoms with van der Waals surface area (Å²) in [5, 5.41) is 11.6. The minimum Gasteiger partial charge on any atom is -0.367 e. The molecule has 0 aromatic carbocycles. The Hall–Kier alpha value is -1.88. The average Bonchev–Trinajstić information content (AvgIpc) is 2.93. The monoisotopic (exact) mass is 245 g/mol. The van der Waals surface area contributed by atoms with E-state index in [-0.39, 0.29) is 0 Å². The van der Waals surface area contributed by atoms with Gasteiger partial charge in [0.05, 0.1) is 5.69 Å². The largest absolute Gasteiger partial charge is 0.367 e. The molecule has 0 saturated heterocycles. The van der Waals surface area contributed by atoms with Gasteiger partial charge in [0.15, 0.2) is 5.82 Å². The molecule has 2 N–H and O–H groups in total. The number of hydrogen-bond donors (Lipinski definition) is 2. The van der Waals surface area contributed by atoms with Gasteiger partial charge in [-0.25, -0.2) is 0 Å². The molecule has 0 atom stereocenters. The lowest BCUT2D eigenvalue weighted by Crippen LogP contribution is -2.23. The zero-order chi connectivity index (χ0) is 12.8. The number of hydrogen-bond acceptors (Lipinski definition) is 4. The van der Waals surface area contributed by atoms with Crippen LogP contribution in [0.4, 0.5) is 5.82 Å². The fraction of sp³-hybridized carbons (Fsp3) is 0.385. The fourth-order valence-corrected chi connectivity index (χ4v) is 1.77. The Labute approximate surface area is 107 Å². The van der Waals surface area contributed by atoms with Crippen molar-refractivity contribution >= 4 is 5.82 Å². The molecule has 0 fully saturated rings. The van der Waals surface area contributed by atoms with E-state index in [4.69, 9.17) is 0 Å². The highest BCUT2D eigenvalue weighted by Crippen LogP contribution is 2.17. The van der Waals surface area contributed by atoms with Gasteiger partial charge in [-0.05, 0) is 38.2 Å². The van der Waals surface area contributed by atoms with E-state index >= 15 is 0 Å². The van der Waals surface area contributed by atoms with E-state index < -0.39 is 0 Å². The van der Waals surface area contributed by atoms with Crippen LogP contribution in [0.5, 0.6) is 0 Å². The molecular formula is C13H19N5. The summed E-state index contributed by atoms with van der Waals surface area (Å²) in [6, 6.07) is 6.00. The molecule has 0 radical (unpaired) electrons. The van der Waals surface area contributed by atoms with E-state index in [1.165, 1.54) is 0 Å². The standard InChI is InChI=1S/C13H19N5/c1-14-7-3-9-18(2)13-5-4-12(16-17-13)11-6-8-15-10-11/h4-6,8,10,14-15H,3,7,9H2,1-2H3. The molecule has 0 aliphatic rings. The molecule has 2 rings (SSSR count). The first-order valence-electron chi connectivity index (χ1n) is 6.14. The molecule has 0 amide bonds. The van der Waals surface area contributed by atoms with Gasteiger partial charge in [-0.1, -0.05) is 0 Å². The number of anilines is 1. The molecule has 0 bridgehead atoms. The van der Waals surface area contributed by atoms with E-state index in [9.17, 15) is 0 Å². The van der Waals surface area contributed by atoms with Gasteiger partial charge in [-0.15, -0.1) is 10.2 Å². The summed E-state index contributed by atoms with van der Waals surface area (Å²) in [6.07, 6.45) is 4.89. The van der Waals surface area contributed by atoms with Crippen LogP contribution < -0.4 is 10.2 Å². The molecule has 2 aromatic heterocycles. The Morgan fingerprint density at radius 2 is 2.17 bits per heavy atom. The van der Waals surface area contributed by atoms with Crippen molar-refractivity contribution in [3.05, 3.63) is 30.6 Å². The Balaban J connectivity index is 1.99. The molecule has 18 heavy (non-hydrogen) atoms. The summed E-state index contributed by atoms with van der Waals surface area (Å²) in [6.45, 7) is 1.98. The van der Waals surface area contributed by atoms with Gasteiger partial charge < -0.3 is 15.2 Å². The highest BCUT2D eigenvalue weighted by atomic mass is 15.2. The van der Waals surface area contributed by atoms with Crippen LogP contribution in [0, 0.1) is 0 Å². The van der Waals surface area contributed by atoms with Crippen molar-refractivity contribution in [2.75, 3.05) is 32.1 Å². The summed E-state index contributed by atoms with van der Waals surface area (Å²) in [5.41, 5.74) is 1.95. The van der Waals surface area contributed by atoms with Crippen LogP contribution >= 0.6 is 0 Å². The van der Waals surface area contributed by atoms with Gasteiger partial charge in [0.1, 0.15) is 0 Å². The predicted octanol–water partition coefficient (Wildman–Crippen LogP) is 1.52. The van der Waals surface area contributed by atoms with Gasteiger partial charge in [0, 0.05) is 31.5 Å². The Kier molecular flexibility index (Phi) is 4.30. The molecule has 0 aliphatic carbocycles. The molecule has 0 aliphatic heterocycles. The molecule has 2 heterocycles. The predicted molar refractivity (Wildman–Crippen MR) is 73.6 cm³/mol. The minimum atomic E-state index is 0.892. The number of aromatic amines is 1. The maximum Gasteiger partial charge on any atom is 0.151 e. The van der Waals surface area contributed by atoms with Crippen molar-refractivity contribution in [1.82, 2.24) is 20.5 Å². The van der Waals surface area contributed by atoms with Crippen LogP contribution in [0.3, 0.4) is 0 Å². The topological polar surface area (TPSA) is 56.8 Å². The zero-order valence-electron chi connectivity index (χ0n) is 10.8. The van der Waals surface area contributed by atoms with Crippen molar-refractivity contribution in [2.24, 2.45) is 0 Å². The van der Waals surface area contributed by atoms with E-state index in [0.29, 0.717) is 0 Å². The average molecular weight is 245 g/mol. The van der Waals surface area contributed by atoms with Crippen molar-refractivity contribution in [3.8, 4) is 11.3 Å². The molecule has 5 heteroatoms. The third-order valence-corrected chi connectivity index (χ3v) is 2.86. The molecule has 0 unspecified atom stereocenters. The molecule has 2 aromatic rings. The maximum absolute atomic E-state index is 4.25. The van der Waals surface area contributed by atoms with Crippen molar-refractivity contribution in [2.45, 2.75) is 6.42 Å². The molecule has 96 valence electrons. The number of aromatic nitrogens is 3. The highest BCUT2D eigenvalue weighted by molar-refractivity contribution is 5.58. The lowest BCUT2D eigenvalue weighted by Gasteiger charge is -2.17. The molecular weight excluding hydrogens is 226 g/mol. The number of nitrogens with zero attached hydrogens (tertiary/aromatic N) is 3. The summed E-state index contributed by atoms with van der Waals surface area (Å²) in [4.78, 5) is 5.13. The van der Waals surface area contributed by atoms with Crippen LogP contribution in [0.25, 0.3) is 11.3 Å². The van der Waals surface area contributed by atoms with Crippen molar-refractivity contribution in [1.29, 1.82) is 0 Å². The lowest BCUT2D eigenvalue weighted by molar-refractivity contribution is 0.706. The maximum atomic E-state index is 4.25. The van der Waals surface area contributed by atoms with Gasteiger partial charge in [0.2, 0.25) is 0 Å². The summed E-state index contributed by atoms with van der Waals surface area (Å²) < 4.78 is 0. The molecule has 0 saturated carbocycles. The van der Waals surface area contributed by atoms with E-state index in [1.807, 2.05) is 44.7 Å². The summed E-state index contributed by atoms with van der Waals surface area (Å²) >= 11 is 0. The third-order valence-electron chi connectivity index (χ3n) is 2.86. The number of nitrogens with one attached hydrogen (secondary N) is 2. The van der Waals surface area contributed by atoms with Crippen LogP contribution in [0.15, 0.2) is 30.6 Å². The second kappa shape index (κ2) is 6.16. The number of H-pyrrole nitrogens is 1. The van der Waals surface area contributed by atoms with Gasteiger partial charge in [-0.3, -0.25) is 0 Å². The first-order chi connectivity index (χ1) is 8.81. The van der Waals surface area contributed by atoms with Gasteiger partial charge >= 0.3 is 0 Å². The first-order valence-corrected chi connectivity index (χ1v) is 6.14. The van der Waals surface area contributed by atoms with Crippen LogP contribution in [0.2, 0.25) is 0 Å². The summed E-state index contributed by atoms with van der Waals surface area (Å²) in [7, 11) is 4.00. The fourth-order valence-electron chi connectivity index (χ4n) is 1.77. The Bertz CT molecular complexity index is 449. The normalized spacial score (nSPS) is 10.6. The second-order valence-corrected chi connectivity index (χ2v) is 4.26. The second-order valence-electron chi connectivity index (χ2n) is 4.26. The van der Waals surface area contributed by atoms with Crippen LogP contribution in [0.1, 0.15) is 6.42 Å². The molecule has 5 nitrogen and oxygen atoms in total. The Morgan fingerprint density at radius 1 is 1.28 bits per heavy atom. The van der Waals surface area contributed by atoms with Gasteiger partial charge in [0.25, 0.3) is 0 Å². The smallest absolute Gasteiger partial charge is 0.151 e. The van der Waals surface area contributed by atoms with Crippen LogP contribution in [-0.2, 0) is 0 Å². The quantitative estimate of drug-likeness (QED) is 0.758. The minimum absolute atomic E-state index is 0.892. The zero-order valence-corrected chi connectivity index (χ0v) is 10.8. The third kappa shape index (κ3) is 3.07. The lowest BCUT2D eigenvalue weighted by atomic mass is 10.2. The van der Waals surface area contributed by atoms with E-state index in [2.05, 4.69) is 25.4 Å². The van der Waals surface area contributed by atoms with Crippen molar-refractivity contribution in [3.63, 3.8) is 0 Å². The van der Waals surface area contributed by atoms with E-state index in [0.717, 1.165) is 36.6 Å². The highest BCUT2D eigenvalue weighted by Gasteiger charge is 2.04. The molecule has 0 spiro atoms. The SMILES string of the molecule is CNCCCN(C)c1ccc(-c2cc[nH]c2)nn1. The first kappa shape index (κ1) is 12.6. The van der Waals surface area contributed by atoms with E-state index in [1.54, 1.807) is 0 Å². The van der Waals surface area contributed by atoms with Crippen molar-refractivity contribution < 1.29 is 0 Å². The van der Waals surface area contributed by atoms with Crippen LogP contribution in [-0.4, -0.2) is 42.4 Å². The van der Waals surface area contributed by atoms with Gasteiger partial charge in [-0.2, -0.15) is 0 Å².